The smallest absolute Gasteiger partial charge is 0.257 e. The number of para-hydroxylation sites is 2. The fraction of sp³-hybridized carbons (Fsp3) is 0.176. The van der Waals surface area contributed by atoms with Crippen LogP contribution in [0, 0.1) is 0 Å². The highest BCUT2D eigenvalue weighted by Crippen LogP contribution is 2.21. The molecule has 1 N–H and O–H groups in total. The van der Waals surface area contributed by atoms with E-state index in [1.165, 1.54) is 12.0 Å². The molecule has 0 saturated heterocycles. The first kappa shape index (κ1) is 16.8. The van der Waals surface area contributed by atoms with Gasteiger partial charge in [0.1, 0.15) is 5.75 Å². The van der Waals surface area contributed by atoms with E-state index in [1.807, 2.05) is 0 Å². The van der Waals surface area contributed by atoms with Crippen molar-refractivity contribution in [2.75, 3.05) is 26.0 Å². The number of amides is 2. The third-order valence-corrected chi connectivity index (χ3v) is 3.54. The second kappa shape index (κ2) is 7.65. The first-order valence-corrected chi connectivity index (χ1v) is 7.33. The van der Waals surface area contributed by atoms with Crippen LogP contribution in [0.4, 0.5) is 5.69 Å². The molecule has 0 aliphatic heterocycles. The van der Waals surface area contributed by atoms with E-state index >= 15 is 0 Å². The third-order valence-electron chi connectivity index (χ3n) is 3.21. The predicted octanol–water partition coefficient (Wildman–Crippen LogP) is 3.06. The Balaban J connectivity index is 2.03. The average Bonchev–Trinajstić information content (AvgIpc) is 2.56. The highest BCUT2D eigenvalue weighted by Gasteiger charge is 2.18. The number of likely N-dealkylation sites (N-methyl/N-ethyl adjacent to an activating group) is 1. The van der Waals surface area contributed by atoms with Gasteiger partial charge in [-0.25, -0.2) is 0 Å². The van der Waals surface area contributed by atoms with Crippen LogP contribution in [0.3, 0.4) is 0 Å². The van der Waals surface area contributed by atoms with Gasteiger partial charge in [-0.15, -0.1) is 0 Å². The quantitative estimate of drug-likeness (QED) is 0.915. The van der Waals surface area contributed by atoms with Crippen molar-refractivity contribution in [2.45, 2.75) is 0 Å². The molecular weight excluding hydrogens is 316 g/mol. The molecule has 2 amide bonds. The lowest BCUT2D eigenvalue weighted by atomic mass is 10.2. The van der Waals surface area contributed by atoms with Crippen LogP contribution in [-0.4, -0.2) is 37.4 Å². The Hall–Kier alpha value is -2.53. The second-order valence-corrected chi connectivity index (χ2v) is 5.30. The Morgan fingerprint density at radius 1 is 1.13 bits per heavy atom. The molecule has 0 aliphatic carbocycles. The molecule has 120 valence electrons. The molecular formula is C17H17ClN2O3. The minimum Gasteiger partial charge on any atom is -0.496 e. The van der Waals surface area contributed by atoms with Crippen molar-refractivity contribution in [1.82, 2.24) is 4.90 Å². The van der Waals surface area contributed by atoms with Gasteiger partial charge in [0.15, 0.2) is 0 Å². The van der Waals surface area contributed by atoms with Crippen LogP contribution < -0.4 is 10.1 Å². The van der Waals surface area contributed by atoms with Crippen molar-refractivity contribution in [3.8, 4) is 5.75 Å². The number of methoxy groups -OCH3 is 1. The maximum Gasteiger partial charge on any atom is 0.257 e. The summed E-state index contributed by atoms with van der Waals surface area (Å²) in [5, 5.41) is 3.12. The maximum absolute atomic E-state index is 12.4. The van der Waals surface area contributed by atoms with Gasteiger partial charge in [-0.3, -0.25) is 9.59 Å². The molecule has 0 atom stereocenters. The number of carbonyl (C=O) groups is 2. The Kier molecular flexibility index (Phi) is 5.60. The Morgan fingerprint density at radius 3 is 2.48 bits per heavy atom. The molecule has 6 heteroatoms. The van der Waals surface area contributed by atoms with Crippen molar-refractivity contribution >= 4 is 29.1 Å². The van der Waals surface area contributed by atoms with E-state index < -0.39 is 0 Å². The third kappa shape index (κ3) is 4.23. The number of hydrogen-bond donors (Lipinski definition) is 1. The summed E-state index contributed by atoms with van der Waals surface area (Å²) in [7, 11) is 3.05. The van der Waals surface area contributed by atoms with Gasteiger partial charge in [0.05, 0.1) is 29.9 Å². The summed E-state index contributed by atoms with van der Waals surface area (Å²) in [5.74, 6) is -0.156. The minimum absolute atomic E-state index is 0.0951. The molecule has 2 aromatic carbocycles. The van der Waals surface area contributed by atoms with Gasteiger partial charge < -0.3 is 15.0 Å². The Bertz CT molecular complexity index is 718. The molecule has 0 aromatic heterocycles. The van der Waals surface area contributed by atoms with Crippen LogP contribution in [0.25, 0.3) is 0 Å². The molecule has 23 heavy (non-hydrogen) atoms. The summed E-state index contributed by atoms with van der Waals surface area (Å²) in [6.07, 6.45) is 0. The zero-order valence-corrected chi connectivity index (χ0v) is 13.6. The molecule has 0 bridgehead atoms. The van der Waals surface area contributed by atoms with Crippen LogP contribution in [0.15, 0.2) is 48.5 Å². The van der Waals surface area contributed by atoms with Crippen molar-refractivity contribution in [2.24, 2.45) is 0 Å². The number of halogens is 1. The monoisotopic (exact) mass is 332 g/mol. The number of anilines is 1. The van der Waals surface area contributed by atoms with E-state index in [0.29, 0.717) is 22.0 Å². The van der Waals surface area contributed by atoms with Crippen molar-refractivity contribution in [3.05, 3.63) is 59.1 Å². The SMILES string of the molecule is COc1ccccc1C(=O)N(C)CC(=O)Nc1ccccc1Cl. The van der Waals surface area contributed by atoms with Crippen LogP contribution in [0.5, 0.6) is 5.75 Å². The lowest BCUT2D eigenvalue weighted by Gasteiger charge is -2.18. The molecule has 0 radical (unpaired) electrons. The summed E-state index contributed by atoms with van der Waals surface area (Å²) in [5.41, 5.74) is 0.917. The lowest BCUT2D eigenvalue weighted by Crippen LogP contribution is -2.35. The van der Waals surface area contributed by atoms with E-state index in [-0.39, 0.29) is 18.4 Å². The Labute approximate surface area is 139 Å². The zero-order chi connectivity index (χ0) is 16.8. The van der Waals surface area contributed by atoms with Gasteiger partial charge in [-0.05, 0) is 24.3 Å². The fourth-order valence-corrected chi connectivity index (χ4v) is 2.25. The van der Waals surface area contributed by atoms with E-state index in [2.05, 4.69) is 5.32 Å². The standard InChI is InChI=1S/C17H17ClN2O3/c1-20(17(22)12-7-3-6-10-15(12)23-2)11-16(21)19-14-9-5-4-8-13(14)18/h3-10H,11H2,1-2H3,(H,19,21). The maximum atomic E-state index is 12.4. The van der Waals surface area contributed by atoms with Gasteiger partial charge in [0.25, 0.3) is 5.91 Å². The van der Waals surface area contributed by atoms with Crippen molar-refractivity contribution in [3.63, 3.8) is 0 Å². The minimum atomic E-state index is -0.330. The van der Waals surface area contributed by atoms with E-state index in [4.69, 9.17) is 16.3 Å². The number of ether oxygens (including phenoxy) is 1. The summed E-state index contributed by atoms with van der Waals surface area (Å²) in [6, 6.07) is 13.8. The summed E-state index contributed by atoms with van der Waals surface area (Å²) >= 11 is 5.99. The first-order chi connectivity index (χ1) is 11.0. The highest BCUT2D eigenvalue weighted by molar-refractivity contribution is 6.33. The molecule has 0 unspecified atom stereocenters. The average molecular weight is 333 g/mol. The largest absolute Gasteiger partial charge is 0.496 e. The number of nitrogens with zero attached hydrogens (tertiary/aromatic N) is 1. The molecule has 0 aliphatic rings. The van der Waals surface area contributed by atoms with E-state index in [1.54, 1.807) is 55.6 Å². The Morgan fingerprint density at radius 2 is 1.78 bits per heavy atom. The van der Waals surface area contributed by atoms with Crippen LogP contribution in [0.1, 0.15) is 10.4 Å². The predicted molar refractivity (Wildman–Crippen MR) is 90.0 cm³/mol. The van der Waals surface area contributed by atoms with Crippen molar-refractivity contribution in [1.29, 1.82) is 0 Å². The topological polar surface area (TPSA) is 58.6 Å². The van der Waals surface area contributed by atoms with Crippen LogP contribution >= 0.6 is 11.6 Å². The number of carbonyl (C=O) groups excluding carboxylic acids is 2. The van der Waals surface area contributed by atoms with Crippen LogP contribution in [-0.2, 0) is 4.79 Å². The molecule has 2 rings (SSSR count). The van der Waals surface area contributed by atoms with Crippen molar-refractivity contribution < 1.29 is 14.3 Å². The number of rotatable bonds is 5. The molecule has 0 heterocycles. The highest BCUT2D eigenvalue weighted by atomic mass is 35.5. The number of nitrogens with one attached hydrogen (secondary N) is 1. The molecule has 2 aromatic rings. The summed E-state index contributed by atoms with van der Waals surface area (Å²) in [6.45, 7) is -0.0951. The molecule has 0 spiro atoms. The summed E-state index contributed by atoms with van der Waals surface area (Å²) < 4.78 is 5.17. The van der Waals surface area contributed by atoms with Gasteiger partial charge in [-0.2, -0.15) is 0 Å². The number of benzene rings is 2. The molecule has 5 nitrogen and oxygen atoms in total. The van der Waals surface area contributed by atoms with E-state index in [0.717, 1.165) is 0 Å². The van der Waals surface area contributed by atoms with E-state index in [9.17, 15) is 9.59 Å². The van der Waals surface area contributed by atoms with Crippen LogP contribution in [0.2, 0.25) is 5.02 Å². The fourth-order valence-electron chi connectivity index (χ4n) is 2.07. The zero-order valence-electron chi connectivity index (χ0n) is 12.9. The lowest BCUT2D eigenvalue weighted by molar-refractivity contribution is -0.116. The molecule has 0 fully saturated rings. The van der Waals surface area contributed by atoms with Gasteiger partial charge in [0.2, 0.25) is 5.91 Å². The first-order valence-electron chi connectivity index (χ1n) is 6.95. The normalized spacial score (nSPS) is 10.0. The van der Waals surface area contributed by atoms with Gasteiger partial charge in [0, 0.05) is 7.05 Å². The summed E-state index contributed by atoms with van der Waals surface area (Å²) in [4.78, 5) is 25.8. The van der Waals surface area contributed by atoms with Gasteiger partial charge >= 0.3 is 0 Å². The molecule has 0 saturated carbocycles. The number of hydrogen-bond acceptors (Lipinski definition) is 3. The van der Waals surface area contributed by atoms with Gasteiger partial charge in [-0.1, -0.05) is 35.9 Å². The second-order valence-electron chi connectivity index (χ2n) is 4.89.